The lowest BCUT2D eigenvalue weighted by atomic mass is 10.0. The predicted molar refractivity (Wildman–Crippen MR) is 108 cm³/mol. The Labute approximate surface area is 165 Å². The maximum atomic E-state index is 14.1. The molecular formula is C21H15BrClFN2. The molecule has 0 amide bonds. The van der Waals surface area contributed by atoms with Crippen LogP contribution >= 0.6 is 27.5 Å². The second-order valence-electron chi connectivity index (χ2n) is 6.00. The van der Waals surface area contributed by atoms with Gasteiger partial charge in [0.2, 0.25) is 0 Å². The van der Waals surface area contributed by atoms with Crippen LogP contribution in [0.1, 0.15) is 11.6 Å². The van der Waals surface area contributed by atoms with Gasteiger partial charge in [-0.1, -0.05) is 48.0 Å². The SMILES string of the molecule is Fc1cc(-c2ccccc2N2NC=CC2c2ccc(Cl)cc2)ccc1Br. The van der Waals surface area contributed by atoms with Crippen molar-refractivity contribution in [2.24, 2.45) is 0 Å². The summed E-state index contributed by atoms with van der Waals surface area (Å²) in [5.74, 6) is -0.279. The quantitative estimate of drug-likeness (QED) is 0.512. The number of hydrogen-bond acceptors (Lipinski definition) is 2. The zero-order valence-corrected chi connectivity index (χ0v) is 16.0. The Morgan fingerprint density at radius 2 is 1.77 bits per heavy atom. The van der Waals surface area contributed by atoms with Crippen molar-refractivity contribution in [1.82, 2.24) is 5.43 Å². The largest absolute Gasteiger partial charge is 0.305 e. The van der Waals surface area contributed by atoms with E-state index in [4.69, 9.17) is 11.6 Å². The number of hydrogen-bond donors (Lipinski definition) is 1. The van der Waals surface area contributed by atoms with Crippen LogP contribution in [0.4, 0.5) is 10.1 Å². The fraction of sp³-hybridized carbons (Fsp3) is 0.0476. The van der Waals surface area contributed by atoms with Crippen molar-refractivity contribution in [2.45, 2.75) is 6.04 Å². The molecule has 1 aliphatic heterocycles. The molecule has 0 spiro atoms. The van der Waals surface area contributed by atoms with Gasteiger partial charge in [-0.15, -0.1) is 0 Å². The zero-order chi connectivity index (χ0) is 18.1. The highest BCUT2D eigenvalue weighted by atomic mass is 79.9. The average molecular weight is 430 g/mol. The Morgan fingerprint density at radius 1 is 1.00 bits per heavy atom. The van der Waals surface area contributed by atoms with Crippen LogP contribution in [0, 0.1) is 5.82 Å². The van der Waals surface area contributed by atoms with Crippen molar-refractivity contribution >= 4 is 33.2 Å². The van der Waals surface area contributed by atoms with Gasteiger partial charge < -0.3 is 5.43 Å². The Bertz CT molecular complexity index is 972. The molecule has 0 fully saturated rings. The second-order valence-corrected chi connectivity index (χ2v) is 7.29. The smallest absolute Gasteiger partial charge is 0.137 e. The van der Waals surface area contributed by atoms with E-state index in [0.717, 1.165) is 22.4 Å². The van der Waals surface area contributed by atoms with Gasteiger partial charge in [-0.25, -0.2) is 4.39 Å². The Balaban J connectivity index is 1.76. The van der Waals surface area contributed by atoms with Gasteiger partial charge in [-0.2, -0.15) is 0 Å². The first-order valence-electron chi connectivity index (χ1n) is 8.15. The molecule has 1 heterocycles. The molecule has 26 heavy (non-hydrogen) atoms. The van der Waals surface area contributed by atoms with E-state index in [9.17, 15) is 4.39 Å². The van der Waals surface area contributed by atoms with Gasteiger partial charge in [-0.3, -0.25) is 5.01 Å². The number of para-hydroxylation sites is 1. The van der Waals surface area contributed by atoms with Gasteiger partial charge >= 0.3 is 0 Å². The number of rotatable bonds is 3. The van der Waals surface area contributed by atoms with Gasteiger partial charge in [0.15, 0.2) is 0 Å². The molecule has 0 bridgehead atoms. The third-order valence-corrected chi connectivity index (χ3v) is 5.27. The summed E-state index contributed by atoms with van der Waals surface area (Å²) in [5.41, 5.74) is 7.16. The van der Waals surface area contributed by atoms with E-state index >= 15 is 0 Å². The molecule has 0 saturated carbocycles. The topological polar surface area (TPSA) is 15.3 Å². The molecule has 1 N–H and O–H groups in total. The summed E-state index contributed by atoms with van der Waals surface area (Å²) >= 11 is 9.23. The van der Waals surface area contributed by atoms with Crippen molar-refractivity contribution in [3.05, 3.63) is 99.9 Å². The van der Waals surface area contributed by atoms with E-state index in [-0.39, 0.29) is 11.9 Å². The maximum Gasteiger partial charge on any atom is 0.137 e. The summed E-state index contributed by atoms with van der Waals surface area (Å²) in [7, 11) is 0. The van der Waals surface area contributed by atoms with Crippen molar-refractivity contribution in [2.75, 3.05) is 5.01 Å². The molecule has 3 aromatic carbocycles. The van der Waals surface area contributed by atoms with Crippen LogP contribution in [0.25, 0.3) is 11.1 Å². The van der Waals surface area contributed by atoms with Crippen LogP contribution < -0.4 is 10.4 Å². The highest BCUT2D eigenvalue weighted by Gasteiger charge is 2.24. The minimum atomic E-state index is -0.279. The number of nitrogens with one attached hydrogen (secondary N) is 1. The van der Waals surface area contributed by atoms with E-state index in [1.807, 2.05) is 60.8 Å². The summed E-state index contributed by atoms with van der Waals surface area (Å²) in [6, 6.07) is 21.0. The summed E-state index contributed by atoms with van der Waals surface area (Å²) < 4.78 is 14.5. The first-order chi connectivity index (χ1) is 12.6. The van der Waals surface area contributed by atoms with E-state index in [1.165, 1.54) is 0 Å². The molecule has 1 unspecified atom stereocenters. The molecule has 3 aromatic rings. The van der Waals surface area contributed by atoms with Crippen molar-refractivity contribution in [1.29, 1.82) is 0 Å². The fourth-order valence-corrected chi connectivity index (χ4v) is 3.48. The lowest BCUT2D eigenvalue weighted by Crippen LogP contribution is -2.32. The van der Waals surface area contributed by atoms with E-state index in [1.54, 1.807) is 12.1 Å². The minimum Gasteiger partial charge on any atom is -0.305 e. The van der Waals surface area contributed by atoms with E-state index in [2.05, 4.69) is 32.4 Å². The summed E-state index contributed by atoms with van der Waals surface area (Å²) in [4.78, 5) is 0. The molecule has 5 heteroatoms. The lowest BCUT2D eigenvalue weighted by Gasteiger charge is -2.29. The van der Waals surface area contributed by atoms with Crippen LogP contribution in [0.2, 0.25) is 5.02 Å². The Kier molecular flexibility index (Phi) is 4.70. The normalized spacial score (nSPS) is 16.0. The first-order valence-corrected chi connectivity index (χ1v) is 9.32. The van der Waals surface area contributed by atoms with Crippen molar-refractivity contribution in [3.8, 4) is 11.1 Å². The van der Waals surface area contributed by atoms with Crippen LogP contribution in [-0.4, -0.2) is 0 Å². The second kappa shape index (κ2) is 7.14. The zero-order valence-electron chi connectivity index (χ0n) is 13.7. The molecule has 0 radical (unpaired) electrons. The van der Waals surface area contributed by atoms with Gasteiger partial charge in [0.05, 0.1) is 16.2 Å². The van der Waals surface area contributed by atoms with Gasteiger partial charge in [-0.05, 0) is 63.5 Å². The van der Waals surface area contributed by atoms with Crippen LogP contribution in [0.15, 0.2) is 83.5 Å². The number of halogens is 3. The van der Waals surface area contributed by atoms with Crippen LogP contribution in [0.5, 0.6) is 0 Å². The molecule has 130 valence electrons. The standard InChI is InChI=1S/C21H15BrClFN2/c22-18-10-7-15(13-19(18)24)17-3-1-2-4-21(17)26-20(11-12-25-26)14-5-8-16(23)9-6-14/h1-13,20,25H. The van der Waals surface area contributed by atoms with Gasteiger partial charge in [0.25, 0.3) is 0 Å². The first kappa shape index (κ1) is 17.1. The monoisotopic (exact) mass is 428 g/mol. The third-order valence-electron chi connectivity index (χ3n) is 4.38. The van der Waals surface area contributed by atoms with Gasteiger partial charge in [0.1, 0.15) is 5.82 Å². The number of hydrazine groups is 1. The number of nitrogens with zero attached hydrogens (tertiary/aromatic N) is 1. The molecule has 2 nitrogen and oxygen atoms in total. The van der Waals surface area contributed by atoms with Crippen molar-refractivity contribution in [3.63, 3.8) is 0 Å². The molecule has 1 atom stereocenters. The lowest BCUT2D eigenvalue weighted by molar-refractivity contribution is 0.621. The molecule has 0 saturated heterocycles. The van der Waals surface area contributed by atoms with E-state index in [0.29, 0.717) is 9.50 Å². The number of benzene rings is 3. The van der Waals surface area contributed by atoms with E-state index < -0.39 is 0 Å². The molecule has 0 aromatic heterocycles. The van der Waals surface area contributed by atoms with Crippen LogP contribution in [-0.2, 0) is 0 Å². The minimum absolute atomic E-state index is 0.0220. The highest BCUT2D eigenvalue weighted by molar-refractivity contribution is 9.10. The molecule has 0 aliphatic carbocycles. The van der Waals surface area contributed by atoms with Crippen molar-refractivity contribution < 1.29 is 4.39 Å². The van der Waals surface area contributed by atoms with Crippen LogP contribution in [0.3, 0.4) is 0 Å². The summed E-state index contributed by atoms with van der Waals surface area (Å²) in [6.07, 6.45) is 4.00. The van der Waals surface area contributed by atoms with Gasteiger partial charge in [0, 0.05) is 16.8 Å². The molecule has 4 rings (SSSR count). The highest BCUT2D eigenvalue weighted by Crippen LogP contribution is 2.37. The molecule has 1 aliphatic rings. The fourth-order valence-electron chi connectivity index (χ4n) is 3.11. The predicted octanol–water partition coefficient (Wildman–Crippen LogP) is 6.49. The maximum absolute atomic E-state index is 14.1. The molecular weight excluding hydrogens is 415 g/mol. The summed E-state index contributed by atoms with van der Waals surface area (Å²) in [6.45, 7) is 0. The number of anilines is 1. The third kappa shape index (κ3) is 3.22. The average Bonchev–Trinajstić information content (AvgIpc) is 3.14. The summed E-state index contributed by atoms with van der Waals surface area (Å²) in [5, 5.41) is 2.78. The Morgan fingerprint density at radius 3 is 2.54 bits per heavy atom. The Hall–Kier alpha value is -2.30.